The Morgan fingerprint density at radius 1 is 1.03 bits per heavy atom. The fourth-order valence-electron chi connectivity index (χ4n) is 4.48. The maximum atomic E-state index is 13.1. The van der Waals surface area contributed by atoms with E-state index in [1.54, 1.807) is 31.2 Å². The molecule has 2 fully saturated rings. The van der Waals surface area contributed by atoms with Gasteiger partial charge in [0.1, 0.15) is 0 Å². The highest BCUT2D eigenvalue weighted by atomic mass is 32.2. The van der Waals surface area contributed by atoms with E-state index in [4.69, 9.17) is 0 Å². The van der Waals surface area contributed by atoms with Crippen LogP contribution in [-0.4, -0.2) is 44.4 Å². The molecule has 2 N–H and O–H groups in total. The number of sulfonamides is 1. The number of piperidine rings is 1. The number of carbonyl (C=O) groups excluding carboxylic acids is 1. The predicted molar refractivity (Wildman–Crippen MR) is 132 cm³/mol. The van der Waals surface area contributed by atoms with Gasteiger partial charge >= 0.3 is 0 Å². The third-order valence-corrected chi connectivity index (χ3v) is 8.22. The maximum absolute atomic E-state index is 13.1. The SMILES string of the molecule is CCCCc1ccc(NS(=O)(=O)c2cc(C(=O)NC3CCN(C4CC4)CC3)ccc2C)cc1. The third-order valence-electron chi connectivity index (χ3n) is 6.69. The molecule has 0 aromatic heterocycles. The number of anilines is 1. The Kier molecular flexibility index (Phi) is 7.39. The monoisotopic (exact) mass is 469 g/mol. The molecule has 4 rings (SSSR count). The van der Waals surface area contributed by atoms with Crippen LogP contribution >= 0.6 is 0 Å². The second-order valence-corrected chi connectivity index (χ2v) is 11.1. The first-order valence-electron chi connectivity index (χ1n) is 12.1. The van der Waals surface area contributed by atoms with Crippen LogP contribution in [-0.2, 0) is 16.4 Å². The molecular weight excluding hydrogens is 434 g/mol. The number of nitrogens with zero attached hydrogens (tertiary/aromatic N) is 1. The zero-order valence-electron chi connectivity index (χ0n) is 19.6. The van der Waals surface area contributed by atoms with Crippen molar-refractivity contribution < 1.29 is 13.2 Å². The topological polar surface area (TPSA) is 78.5 Å². The van der Waals surface area contributed by atoms with Crippen molar-refractivity contribution in [3.05, 3.63) is 59.2 Å². The fourth-order valence-corrected chi connectivity index (χ4v) is 5.81. The van der Waals surface area contributed by atoms with Crippen molar-refractivity contribution in [3.8, 4) is 0 Å². The van der Waals surface area contributed by atoms with Gasteiger partial charge < -0.3 is 10.2 Å². The quantitative estimate of drug-likeness (QED) is 0.567. The van der Waals surface area contributed by atoms with Crippen molar-refractivity contribution in [2.45, 2.75) is 75.8 Å². The van der Waals surface area contributed by atoms with Gasteiger partial charge in [0.2, 0.25) is 0 Å². The van der Waals surface area contributed by atoms with Crippen LogP contribution in [0, 0.1) is 6.92 Å². The van der Waals surface area contributed by atoms with E-state index in [-0.39, 0.29) is 16.8 Å². The summed E-state index contributed by atoms with van der Waals surface area (Å²) in [6.45, 7) is 5.93. The van der Waals surface area contributed by atoms with E-state index in [9.17, 15) is 13.2 Å². The molecule has 1 amide bonds. The molecule has 2 aromatic rings. The molecule has 0 atom stereocenters. The summed E-state index contributed by atoms with van der Waals surface area (Å²) in [5.74, 6) is -0.211. The Balaban J connectivity index is 1.41. The number of hydrogen-bond acceptors (Lipinski definition) is 4. The fraction of sp³-hybridized carbons (Fsp3) is 0.500. The molecule has 7 heteroatoms. The Labute approximate surface area is 197 Å². The largest absolute Gasteiger partial charge is 0.349 e. The second kappa shape index (κ2) is 10.3. The van der Waals surface area contributed by atoms with Gasteiger partial charge in [-0.1, -0.05) is 31.5 Å². The van der Waals surface area contributed by atoms with Crippen molar-refractivity contribution in [3.63, 3.8) is 0 Å². The molecule has 178 valence electrons. The van der Waals surface area contributed by atoms with Crippen molar-refractivity contribution in [2.24, 2.45) is 0 Å². The average molecular weight is 470 g/mol. The van der Waals surface area contributed by atoms with Crippen LogP contribution < -0.4 is 10.0 Å². The van der Waals surface area contributed by atoms with Gasteiger partial charge in [-0.3, -0.25) is 9.52 Å². The molecule has 0 radical (unpaired) electrons. The number of aryl methyl sites for hydroxylation is 2. The number of hydrogen-bond donors (Lipinski definition) is 2. The lowest BCUT2D eigenvalue weighted by molar-refractivity contribution is 0.0909. The van der Waals surface area contributed by atoms with Crippen molar-refractivity contribution in [2.75, 3.05) is 17.8 Å². The van der Waals surface area contributed by atoms with Gasteiger partial charge in [0, 0.05) is 36.4 Å². The summed E-state index contributed by atoms with van der Waals surface area (Å²) in [6, 6.07) is 13.3. The predicted octanol–water partition coefficient (Wildman–Crippen LogP) is 4.50. The molecule has 0 spiro atoms. The van der Waals surface area contributed by atoms with Gasteiger partial charge in [-0.15, -0.1) is 0 Å². The van der Waals surface area contributed by atoms with Gasteiger partial charge in [0.15, 0.2) is 0 Å². The first kappa shape index (κ1) is 23.8. The summed E-state index contributed by atoms with van der Waals surface area (Å²) >= 11 is 0. The van der Waals surface area contributed by atoms with E-state index in [0.29, 0.717) is 16.8 Å². The number of nitrogens with one attached hydrogen (secondary N) is 2. The number of likely N-dealkylation sites (tertiary alicyclic amines) is 1. The summed E-state index contributed by atoms with van der Waals surface area (Å²) in [5.41, 5.74) is 2.70. The lowest BCUT2D eigenvalue weighted by atomic mass is 10.0. The molecular formula is C26H35N3O3S. The van der Waals surface area contributed by atoms with Gasteiger partial charge in [-0.05, 0) is 80.8 Å². The molecule has 2 aromatic carbocycles. The molecule has 1 aliphatic heterocycles. The van der Waals surface area contributed by atoms with Crippen LogP contribution in [0.1, 0.15) is 66.9 Å². The summed E-state index contributed by atoms with van der Waals surface area (Å²) in [6.07, 6.45) is 7.70. The van der Waals surface area contributed by atoms with Gasteiger partial charge in [-0.2, -0.15) is 0 Å². The first-order valence-corrected chi connectivity index (χ1v) is 13.6. The average Bonchev–Trinajstić information content (AvgIpc) is 3.64. The smallest absolute Gasteiger partial charge is 0.262 e. The Hall–Kier alpha value is -2.38. The van der Waals surface area contributed by atoms with Gasteiger partial charge in [0.05, 0.1) is 4.90 Å². The van der Waals surface area contributed by atoms with Gasteiger partial charge in [-0.25, -0.2) is 8.42 Å². The van der Waals surface area contributed by atoms with E-state index in [1.807, 2.05) is 12.1 Å². The lowest BCUT2D eigenvalue weighted by Gasteiger charge is -2.32. The van der Waals surface area contributed by atoms with Crippen LogP contribution in [0.4, 0.5) is 5.69 Å². The molecule has 33 heavy (non-hydrogen) atoms. The zero-order chi connectivity index (χ0) is 23.4. The third kappa shape index (κ3) is 6.15. The minimum Gasteiger partial charge on any atom is -0.349 e. The number of carbonyl (C=O) groups is 1. The highest BCUT2D eigenvalue weighted by Crippen LogP contribution is 2.29. The van der Waals surface area contributed by atoms with E-state index in [0.717, 1.165) is 51.2 Å². The first-order chi connectivity index (χ1) is 15.9. The van der Waals surface area contributed by atoms with Crippen molar-refractivity contribution in [1.29, 1.82) is 0 Å². The molecule has 2 aliphatic rings. The second-order valence-electron chi connectivity index (χ2n) is 9.40. The summed E-state index contributed by atoms with van der Waals surface area (Å²) in [7, 11) is -3.81. The van der Waals surface area contributed by atoms with E-state index in [1.165, 1.54) is 24.5 Å². The van der Waals surface area contributed by atoms with Gasteiger partial charge in [0.25, 0.3) is 15.9 Å². The molecule has 1 heterocycles. The van der Waals surface area contributed by atoms with Crippen LogP contribution in [0.15, 0.2) is 47.4 Å². The number of unbranched alkanes of at least 4 members (excludes halogenated alkanes) is 1. The Morgan fingerprint density at radius 2 is 1.73 bits per heavy atom. The number of benzene rings is 2. The maximum Gasteiger partial charge on any atom is 0.262 e. The molecule has 1 aliphatic carbocycles. The zero-order valence-corrected chi connectivity index (χ0v) is 20.5. The van der Waals surface area contributed by atoms with Crippen LogP contribution in [0.5, 0.6) is 0 Å². The van der Waals surface area contributed by atoms with Crippen LogP contribution in [0.2, 0.25) is 0 Å². The molecule has 6 nitrogen and oxygen atoms in total. The molecule has 1 saturated carbocycles. The summed E-state index contributed by atoms with van der Waals surface area (Å²) < 4.78 is 28.9. The van der Waals surface area contributed by atoms with Crippen molar-refractivity contribution >= 4 is 21.6 Å². The minimum absolute atomic E-state index is 0.133. The Bertz CT molecular complexity index is 1070. The standard InChI is InChI=1S/C26H35N3O3S/c1-3-4-5-20-7-10-23(11-8-20)28-33(31,32)25-18-21(9-6-19(25)2)26(30)27-22-14-16-29(17-15-22)24-12-13-24/h6-11,18,22,24,28H,3-5,12-17H2,1-2H3,(H,27,30). The normalized spacial score (nSPS) is 17.6. The molecule has 0 unspecified atom stereocenters. The highest BCUT2D eigenvalue weighted by molar-refractivity contribution is 7.92. The Morgan fingerprint density at radius 3 is 2.36 bits per heavy atom. The van der Waals surface area contributed by atoms with Crippen LogP contribution in [0.3, 0.4) is 0 Å². The lowest BCUT2D eigenvalue weighted by Crippen LogP contribution is -2.45. The van der Waals surface area contributed by atoms with Crippen LogP contribution in [0.25, 0.3) is 0 Å². The van der Waals surface area contributed by atoms with Crippen molar-refractivity contribution in [1.82, 2.24) is 10.2 Å². The summed E-state index contributed by atoms with van der Waals surface area (Å²) in [4.78, 5) is 15.5. The minimum atomic E-state index is -3.81. The highest BCUT2D eigenvalue weighted by Gasteiger charge is 2.32. The number of amides is 1. The summed E-state index contributed by atoms with van der Waals surface area (Å²) in [5, 5.41) is 3.10. The van der Waals surface area contributed by atoms with E-state index >= 15 is 0 Å². The van der Waals surface area contributed by atoms with E-state index in [2.05, 4.69) is 21.9 Å². The number of rotatable bonds is 9. The molecule has 1 saturated heterocycles. The molecule has 0 bridgehead atoms. The van der Waals surface area contributed by atoms with E-state index < -0.39 is 10.0 Å².